The Morgan fingerprint density at radius 1 is 1.55 bits per heavy atom. The number of hydrogen-bond acceptors (Lipinski definition) is 2. The van der Waals surface area contributed by atoms with Crippen molar-refractivity contribution in [3.8, 4) is 0 Å². The molecule has 2 nitrogen and oxygen atoms in total. The molecule has 1 rings (SSSR count). The molecule has 0 N–H and O–H groups in total. The van der Waals surface area contributed by atoms with Crippen molar-refractivity contribution in [2.75, 3.05) is 13.2 Å². The fourth-order valence-electron chi connectivity index (χ4n) is 1.10. The van der Waals surface area contributed by atoms with Crippen molar-refractivity contribution in [3.63, 3.8) is 0 Å². The summed E-state index contributed by atoms with van der Waals surface area (Å²) in [7, 11) is 0. The van der Waals surface area contributed by atoms with Gasteiger partial charge in [-0.1, -0.05) is 12.2 Å². The van der Waals surface area contributed by atoms with Crippen molar-refractivity contribution < 1.29 is 9.47 Å². The molecule has 2 heteroatoms. The van der Waals surface area contributed by atoms with E-state index in [-0.39, 0.29) is 6.29 Å². The van der Waals surface area contributed by atoms with E-state index in [0.29, 0.717) is 6.61 Å². The molecule has 64 valence electrons. The van der Waals surface area contributed by atoms with Crippen LogP contribution in [0.4, 0.5) is 0 Å². The minimum Gasteiger partial charge on any atom is -0.353 e. The first kappa shape index (κ1) is 8.75. The van der Waals surface area contributed by atoms with Gasteiger partial charge in [0, 0.05) is 6.61 Å². The Morgan fingerprint density at radius 3 is 3.09 bits per heavy atom. The normalized spacial score (nSPS) is 26.1. The average Bonchev–Trinajstić information content (AvgIpc) is 2.07. The van der Waals surface area contributed by atoms with Crippen molar-refractivity contribution >= 4 is 0 Å². The Balaban J connectivity index is 2.04. The topological polar surface area (TPSA) is 18.5 Å². The largest absolute Gasteiger partial charge is 0.353 e. The third-order valence-corrected chi connectivity index (χ3v) is 1.75. The molecule has 0 aromatic rings. The van der Waals surface area contributed by atoms with Crippen LogP contribution in [0, 0.1) is 0 Å². The van der Waals surface area contributed by atoms with Crippen LogP contribution in [0.2, 0.25) is 0 Å². The maximum atomic E-state index is 5.41. The number of ether oxygens (including phenoxy) is 2. The molecule has 0 amide bonds. The molecular formula is C9H16O2. The van der Waals surface area contributed by atoms with Crippen LogP contribution in [0.1, 0.15) is 26.2 Å². The SMILES string of the molecule is CC=CCOC1CCCCO1. The van der Waals surface area contributed by atoms with Gasteiger partial charge in [-0.2, -0.15) is 0 Å². The van der Waals surface area contributed by atoms with Gasteiger partial charge < -0.3 is 9.47 Å². The lowest BCUT2D eigenvalue weighted by Gasteiger charge is -2.21. The Labute approximate surface area is 68.2 Å². The van der Waals surface area contributed by atoms with E-state index in [9.17, 15) is 0 Å². The second-order valence-corrected chi connectivity index (χ2v) is 2.70. The molecule has 1 atom stereocenters. The minimum absolute atomic E-state index is 0.0555. The van der Waals surface area contributed by atoms with E-state index >= 15 is 0 Å². The Bertz CT molecular complexity index is 115. The van der Waals surface area contributed by atoms with Crippen molar-refractivity contribution in [2.45, 2.75) is 32.5 Å². The monoisotopic (exact) mass is 156 g/mol. The van der Waals surface area contributed by atoms with Gasteiger partial charge in [-0.15, -0.1) is 0 Å². The number of rotatable bonds is 3. The molecular weight excluding hydrogens is 140 g/mol. The second kappa shape index (κ2) is 5.33. The fourth-order valence-corrected chi connectivity index (χ4v) is 1.10. The second-order valence-electron chi connectivity index (χ2n) is 2.70. The molecule has 1 aliphatic heterocycles. The van der Waals surface area contributed by atoms with Gasteiger partial charge in [0.1, 0.15) is 0 Å². The number of allylic oxidation sites excluding steroid dienone is 1. The summed E-state index contributed by atoms with van der Waals surface area (Å²) in [5.41, 5.74) is 0. The van der Waals surface area contributed by atoms with E-state index in [1.54, 1.807) is 0 Å². The zero-order chi connectivity index (χ0) is 7.94. The van der Waals surface area contributed by atoms with Crippen LogP contribution in [0.15, 0.2) is 12.2 Å². The van der Waals surface area contributed by atoms with Crippen LogP contribution in [-0.4, -0.2) is 19.5 Å². The van der Waals surface area contributed by atoms with E-state index in [0.717, 1.165) is 13.0 Å². The van der Waals surface area contributed by atoms with Crippen LogP contribution < -0.4 is 0 Å². The summed E-state index contributed by atoms with van der Waals surface area (Å²) in [6.07, 6.45) is 7.52. The molecule has 1 heterocycles. The molecule has 0 aliphatic carbocycles. The van der Waals surface area contributed by atoms with Crippen LogP contribution in [0.25, 0.3) is 0 Å². The first-order valence-corrected chi connectivity index (χ1v) is 4.28. The highest BCUT2D eigenvalue weighted by atomic mass is 16.7. The van der Waals surface area contributed by atoms with Crippen LogP contribution in [0.3, 0.4) is 0 Å². The highest BCUT2D eigenvalue weighted by molar-refractivity contribution is 4.76. The Kier molecular flexibility index (Phi) is 4.24. The predicted octanol–water partition coefficient (Wildman–Crippen LogP) is 2.11. The molecule has 0 saturated carbocycles. The quantitative estimate of drug-likeness (QED) is 0.582. The summed E-state index contributed by atoms with van der Waals surface area (Å²) in [5.74, 6) is 0. The molecule has 1 aliphatic rings. The van der Waals surface area contributed by atoms with E-state index in [1.165, 1.54) is 12.8 Å². The summed E-state index contributed by atoms with van der Waals surface area (Å²) in [6, 6.07) is 0. The van der Waals surface area contributed by atoms with Crippen molar-refractivity contribution in [1.82, 2.24) is 0 Å². The lowest BCUT2D eigenvalue weighted by molar-refractivity contribution is -0.155. The summed E-state index contributed by atoms with van der Waals surface area (Å²) in [4.78, 5) is 0. The van der Waals surface area contributed by atoms with Gasteiger partial charge in [-0.25, -0.2) is 0 Å². The van der Waals surface area contributed by atoms with Gasteiger partial charge in [0.15, 0.2) is 6.29 Å². The van der Waals surface area contributed by atoms with E-state index in [1.807, 2.05) is 19.1 Å². The molecule has 1 saturated heterocycles. The molecule has 0 radical (unpaired) electrons. The summed E-state index contributed by atoms with van der Waals surface area (Å²) in [5, 5.41) is 0. The average molecular weight is 156 g/mol. The summed E-state index contributed by atoms with van der Waals surface area (Å²) < 4.78 is 10.8. The molecule has 1 fully saturated rings. The van der Waals surface area contributed by atoms with Crippen molar-refractivity contribution in [3.05, 3.63) is 12.2 Å². The maximum absolute atomic E-state index is 5.41. The van der Waals surface area contributed by atoms with Crippen molar-refractivity contribution in [1.29, 1.82) is 0 Å². The first-order valence-electron chi connectivity index (χ1n) is 4.28. The lowest BCUT2D eigenvalue weighted by Crippen LogP contribution is -2.22. The van der Waals surface area contributed by atoms with Gasteiger partial charge in [-0.05, 0) is 26.2 Å². The molecule has 0 spiro atoms. The van der Waals surface area contributed by atoms with Gasteiger partial charge >= 0.3 is 0 Å². The minimum atomic E-state index is 0.0555. The zero-order valence-electron chi connectivity index (χ0n) is 7.08. The van der Waals surface area contributed by atoms with Gasteiger partial charge in [0.25, 0.3) is 0 Å². The van der Waals surface area contributed by atoms with Crippen LogP contribution in [0.5, 0.6) is 0 Å². The summed E-state index contributed by atoms with van der Waals surface area (Å²) >= 11 is 0. The predicted molar refractivity (Wildman–Crippen MR) is 44.4 cm³/mol. The maximum Gasteiger partial charge on any atom is 0.157 e. The Morgan fingerprint density at radius 2 is 2.45 bits per heavy atom. The fraction of sp³-hybridized carbons (Fsp3) is 0.778. The van der Waals surface area contributed by atoms with E-state index < -0.39 is 0 Å². The molecule has 0 aromatic carbocycles. The van der Waals surface area contributed by atoms with Gasteiger partial charge in [0.2, 0.25) is 0 Å². The highest BCUT2D eigenvalue weighted by Gasteiger charge is 2.12. The van der Waals surface area contributed by atoms with E-state index in [4.69, 9.17) is 9.47 Å². The molecule has 1 unspecified atom stereocenters. The van der Waals surface area contributed by atoms with Gasteiger partial charge in [0.05, 0.1) is 6.61 Å². The standard InChI is InChI=1S/C9H16O2/c1-2-3-7-10-9-6-4-5-8-11-9/h2-3,9H,4-8H2,1H3. The molecule has 0 bridgehead atoms. The van der Waals surface area contributed by atoms with Crippen LogP contribution >= 0.6 is 0 Å². The number of hydrogen-bond donors (Lipinski definition) is 0. The molecule has 0 aromatic heterocycles. The third kappa shape index (κ3) is 3.54. The van der Waals surface area contributed by atoms with Crippen LogP contribution in [-0.2, 0) is 9.47 Å². The summed E-state index contributed by atoms with van der Waals surface area (Å²) in [6.45, 7) is 3.53. The lowest BCUT2D eigenvalue weighted by atomic mass is 10.2. The Hall–Kier alpha value is -0.340. The van der Waals surface area contributed by atoms with Gasteiger partial charge in [-0.3, -0.25) is 0 Å². The smallest absolute Gasteiger partial charge is 0.157 e. The third-order valence-electron chi connectivity index (χ3n) is 1.75. The zero-order valence-corrected chi connectivity index (χ0v) is 7.08. The van der Waals surface area contributed by atoms with Crippen molar-refractivity contribution in [2.24, 2.45) is 0 Å². The molecule has 11 heavy (non-hydrogen) atoms. The van der Waals surface area contributed by atoms with E-state index in [2.05, 4.69) is 0 Å². The highest BCUT2D eigenvalue weighted by Crippen LogP contribution is 2.13. The first-order chi connectivity index (χ1) is 5.43.